The molecule has 0 atom stereocenters. The summed E-state index contributed by atoms with van der Waals surface area (Å²) >= 11 is 0. The maximum absolute atomic E-state index is 11.7. The Kier molecular flexibility index (Phi) is 6.89. The SMILES string of the molecule is COc1ccccc1CCNC(=O)COC(=O)CCc1ccco1. The highest BCUT2D eigenvalue weighted by Gasteiger charge is 2.09. The number of methoxy groups -OCH3 is 1. The number of esters is 1. The van der Waals surface area contributed by atoms with E-state index < -0.39 is 5.97 Å². The molecule has 128 valence electrons. The number of furan rings is 1. The number of hydrogen-bond donors (Lipinski definition) is 1. The molecule has 0 aliphatic carbocycles. The first kappa shape index (κ1) is 17.6. The first-order valence-corrected chi connectivity index (χ1v) is 7.75. The van der Waals surface area contributed by atoms with Crippen LogP contribution in [0.3, 0.4) is 0 Å². The number of carbonyl (C=O) groups is 2. The van der Waals surface area contributed by atoms with Crippen LogP contribution in [0.1, 0.15) is 17.7 Å². The van der Waals surface area contributed by atoms with E-state index in [4.69, 9.17) is 13.9 Å². The van der Waals surface area contributed by atoms with Crippen molar-refractivity contribution in [2.75, 3.05) is 20.3 Å². The Morgan fingerprint density at radius 3 is 2.71 bits per heavy atom. The van der Waals surface area contributed by atoms with E-state index in [0.29, 0.717) is 25.1 Å². The van der Waals surface area contributed by atoms with Gasteiger partial charge in [0.15, 0.2) is 6.61 Å². The third-order valence-electron chi connectivity index (χ3n) is 3.43. The number of hydrogen-bond acceptors (Lipinski definition) is 5. The van der Waals surface area contributed by atoms with E-state index in [9.17, 15) is 9.59 Å². The van der Waals surface area contributed by atoms with Crippen molar-refractivity contribution in [3.05, 3.63) is 54.0 Å². The van der Waals surface area contributed by atoms with Crippen molar-refractivity contribution in [3.63, 3.8) is 0 Å². The number of amides is 1. The van der Waals surface area contributed by atoms with E-state index in [1.54, 1.807) is 25.5 Å². The number of rotatable bonds is 9. The summed E-state index contributed by atoms with van der Waals surface area (Å²) in [4.78, 5) is 23.2. The lowest BCUT2D eigenvalue weighted by atomic mass is 10.1. The summed E-state index contributed by atoms with van der Waals surface area (Å²) in [7, 11) is 1.61. The molecule has 0 saturated carbocycles. The number of aryl methyl sites for hydroxylation is 1. The number of benzene rings is 1. The minimum absolute atomic E-state index is 0.183. The molecular weight excluding hydrogens is 310 g/mol. The second kappa shape index (κ2) is 9.39. The van der Waals surface area contributed by atoms with Gasteiger partial charge in [-0.3, -0.25) is 9.59 Å². The third-order valence-corrected chi connectivity index (χ3v) is 3.43. The molecule has 0 saturated heterocycles. The van der Waals surface area contributed by atoms with Gasteiger partial charge in [0, 0.05) is 13.0 Å². The molecule has 24 heavy (non-hydrogen) atoms. The van der Waals surface area contributed by atoms with Crippen molar-refractivity contribution in [1.82, 2.24) is 5.32 Å². The van der Waals surface area contributed by atoms with Gasteiger partial charge < -0.3 is 19.2 Å². The van der Waals surface area contributed by atoms with Crippen LogP contribution in [0.2, 0.25) is 0 Å². The third kappa shape index (κ3) is 5.79. The van der Waals surface area contributed by atoms with Crippen LogP contribution in [0.5, 0.6) is 5.75 Å². The Morgan fingerprint density at radius 1 is 1.12 bits per heavy atom. The average Bonchev–Trinajstić information content (AvgIpc) is 3.12. The van der Waals surface area contributed by atoms with Gasteiger partial charge in [0.2, 0.25) is 0 Å². The first-order chi connectivity index (χ1) is 11.7. The van der Waals surface area contributed by atoms with Gasteiger partial charge in [-0.25, -0.2) is 0 Å². The summed E-state index contributed by atoms with van der Waals surface area (Å²) in [6, 6.07) is 11.2. The Labute approximate surface area is 140 Å². The zero-order chi connectivity index (χ0) is 17.2. The molecule has 2 rings (SSSR count). The maximum atomic E-state index is 11.7. The Hall–Kier alpha value is -2.76. The van der Waals surface area contributed by atoms with E-state index in [2.05, 4.69) is 5.32 Å². The lowest BCUT2D eigenvalue weighted by molar-refractivity contribution is -0.148. The van der Waals surface area contributed by atoms with Crippen LogP contribution in [0, 0.1) is 0 Å². The molecule has 0 unspecified atom stereocenters. The topological polar surface area (TPSA) is 77.8 Å². The van der Waals surface area contributed by atoms with Gasteiger partial charge in [0.1, 0.15) is 11.5 Å². The van der Waals surface area contributed by atoms with Crippen LogP contribution in [-0.2, 0) is 27.2 Å². The van der Waals surface area contributed by atoms with Gasteiger partial charge in [-0.05, 0) is 30.2 Å². The van der Waals surface area contributed by atoms with E-state index in [1.165, 1.54) is 0 Å². The van der Waals surface area contributed by atoms with Gasteiger partial charge in [-0.1, -0.05) is 18.2 Å². The molecule has 2 aromatic rings. The van der Waals surface area contributed by atoms with Gasteiger partial charge >= 0.3 is 5.97 Å². The fourth-order valence-electron chi connectivity index (χ4n) is 2.20. The van der Waals surface area contributed by atoms with Crippen molar-refractivity contribution in [2.45, 2.75) is 19.3 Å². The van der Waals surface area contributed by atoms with Crippen molar-refractivity contribution in [3.8, 4) is 5.75 Å². The molecule has 0 radical (unpaired) electrons. The molecule has 0 aliphatic heterocycles. The van der Waals surface area contributed by atoms with Gasteiger partial charge in [0.05, 0.1) is 19.8 Å². The molecule has 6 heteroatoms. The van der Waals surface area contributed by atoms with Crippen LogP contribution in [-0.4, -0.2) is 32.1 Å². The highest BCUT2D eigenvalue weighted by Crippen LogP contribution is 2.17. The molecule has 1 aromatic carbocycles. The summed E-state index contributed by atoms with van der Waals surface area (Å²) in [5.74, 6) is 0.756. The zero-order valence-corrected chi connectivity index (χ0v) is 13.6. The molecule has 0 bridgehead atoms. The molecule has 1 N–H and O–H groups in total. The van der Waals surface area contributed by atoms with Crippen LogP contribution >= 0.6 is 0 Å². The van der Waals surface area contributed by atoms with E-state index >= 15 is 0 Å². The van der Waals surface area contributed by atoms with Gasteiger partial charge in [0.25, 0.3) is 5.91 Å². The summed E-state index contributed by atoms with van der Waals surface area (Å²) in [5, 5.41) is 2.72. The zero-order valence-electron chi connectivity index (χ0n) is 13.6. The summed E-state index contributed by atoms with van der Waals surface area (Å²) in [6.45, 7) is 0.173. The molecule has 0 spiro atoms. The van der Waals surface area contributed by atoms with E-state index in [-0.39, 0.29) is 18.9 Å². The molecule has 0 aliphatic rings. The highest BCUT2D eigenvalue weighted by atomic mass is 16.5. The van der Waals surface area contributed by atoms with Crippen molar-refractivity contribution in [2.24, 2.45) is 0 Å². The largest absolute Gasteiger partial charge is 0.496 e. The minimum atomic E-state index is -0.425. The van der Waals surface area contributed by atoms with Crippen molar-refractivity contribution >= 4 is 11.9 Å². The molecular formula is C18H21NO5. The predicted octanol–water partition coefficient (Wildman–Crippen LogP) is 2.12. The summed E-state index contributed by atoms with van der Waals surface area (Å²) in [6.07, 6.45) is 2.83. The van der Waals surface area contributed by atoms with E-state index in [1.807, 2.05) is 24.3 Å². The first-order valence-electron chi connectivity index (χ1n) is 7.75. The summed E-state index contributed by atoms with van der Waals surface area (Å²) < 4.78 is 15.3. The fourth-order valence-corrected chi connectivity index (χ4v) is 2.20. The smallest absolute Gasteiger partial charge is 0.306 e. The number of ether oxygens (including phenoxy) is 2. The molecule has 0 fully saturated rings. The highest BCUT2D eigenvalue weighted by molar-refractivity contribution is 5.80. The fraction of sp³-hybridized carbons (Fsp3) is 0.333. The Balaban J connectivity index is 1.61. The molecule has 1 heterocycles. The number of para-hydroxylation sites is 1. The Bertz CT molecular complexity index is 651. The van der Waals surface area contributed by atoms with Crippen molar-refractivity contribution in [1.29, 1.82) is 0 Å². The monoisotopic (exact) mass is 331 g/mol. The van der Waals surface area contributed by atoms with Crippen LogP contribution in [0.25, 0.3) is 0 Å². The summed E-state index contributed by atoms with van der Waals surface area (Å²) in [5.41, 5.74) is 1.01. The van der Waals surface area contributed by atoms with Crippen molar-refractivity contribution < 1.29 is 23.5 Å². The second-order valence-corrected chi connectivity index (χ2v) is 5.15. The standard InChI is InChI=1S/C18H21NO5/c1-22-16-7-3-2-5-14(16)10-11-19-17(20)13-24-18(21)9-8-15-6-4-12-23-15/h2-7,12H,8-11,13H2,1H3,(H,19,20). The average molecular weight is 331 g/mol. The minimum Gasteiger partial charge on any atom is -0.496 e. The predicted molar refractivity (Wildman–Crippen MR) is 87.7 cm³/mol. The van der Waals surface area contributed by atoms with Gasteiger partial charge in [-0.15, -0.1) is 0 Å². The van der Waals surface area contributed by atoms with Crippen LogP contribution < -0.4 is 10.1 Å². The van der Waals surface area contributed by atoms with Gasteiger partial charge in [-0.2, -0.15) is 0 Å². The molecule has 6 nitrogen and oxygen atoms in total. The molecule has 1 amide bonds. The van der Waals surface area contributed by atoms with Crippen LogP contribution in [0.4, 0.5) is 0 Å². The molecule has 1 aromatic heterocycles. The normalized spacial score (nSPS) is 10.2. The number of carbonyl (C=O) groups excluding carboxylic acids is 2. The Morgan fingerprint density at radius 2 is 1.96 bits per heavy atom. The number of nitrogens with one attached hydrogen (secondary N) is 1. The maximum Gasteiger partial charge on any atom is 0.306 e. The van der Waals surface area contributed by atoms with E-state index in [0.717, 1.165) is 11.3 Å². The second-order valence-electron chi connectivity index (χ2n) is 5.15. The quantitative estimate of drug-likeness (QED) is 0.712. The van der Waals surface area contributed by atoms with Crippen LogP contribution in [0.15, 0.2) is 47.1 Å². The lowest BCUT2D eigenvalue weighted by Crippen LogP contribution is -2.30. The lowest BCUT2D eigenvalue weighted by Gasteiger charge is -2.09.